The van der Waals surface area contributed by atoms with Crippen molar-refractivity contribution in [2.24, 2.45) is 0 Å². The number of carboxylic acids is 1. The molecule has 0 aromatic heterocycles. The summed E-state index contributed by atoms with van der Waals surface area (Å²) in [7, 11) is -4.14. The molecule has 0 aliphatic carbocycles. The molecular weight excluding hydrogens is 500 g/mol. The van der Waals surface area contributed by atoms with Crippen LogP contribution in [0.3, 0.4) is 0 Å². The Morgan fingerprint density at radius 1 is 1.08 bits per heavy atom. The fraction of sp³-hybridized carbons (Fsp3) is 0.192. The lowest BCUT2D eigenvalue weighted by Gasteiger charge is -2.15. The summed E-state index contributed by atoms with van der Waals surface area (Å²) >= 11 is 0. The molecular formula is C26H24N2O8S. The topological polar surface area (TPSA) is 163 Å². The number of nitriles is 1. The summed E-state index contributed by atoms with van der Waals surface area (Å²) in [4.78, 5) is 23.1. The van der Waals surface area contributed by atoms with Gasteiger partial charge in [0.25, 0.3) is 0 Å². The molecule has 11 heteroatoms. The molecule has 37 heavy (non-hydrogen) atoms. The Morgan fingerprint density at radius 3 is 2.54 bits per heavy atom. The number of sulfonamides is 1. The fourth-order valence-electron chi connectivity index (χ4n) is 3.52. The maximum absolute atomic E-state index is 12.7. The molecule has 0 unspecified atom stereocenters. The minimum absolute atomic E-state index is 0.0741. The van der Waals surface area contributed by atoms with E-state index in [0.29, 0.717) is 16.7 Å². The maximum Gasteiger partial charge on any atom is 0.344 e. The summed E-state index contributed by atoms with van der Waals surface area (Å²) in [5, 5.41) is 28.5. The number of ether oxygens (including phenoxy) is 2. The summed E-state index contributed by atoms with van der Waals surface area (Å²) < 4.78 is 38.3. The van der Waals surface area contributed by atoms with E-state index >= 15 is 0 Å². The average Bonchev–Trinajstić information content (AvgIpc) is 2.88. The molecule has 192 valence electrons. The minimum Gasteiger partial charge on any atom is -0.507 e. The van der Waals surface area contributed by atoms with Crippen LogP contribution in [0.4, 0.5) is 0 Å². The number of aromatic hydroxyl groups is 1. The zero-order chi connectivity index (χ0) is 27.0. The van der Waals surface area contributed by atoms with Gasteiger partial charge in [-0.2, -0.15) is 5.26 Å². The number of phenols is 1. The van der Waals surface area contributed by atoms with Crippen LogP contribution < -0.4 is 9.46 Å². The second kappa shape index (κ2) is 12.0. The highest BCUT2D eigenvalue weighted by atomic mass is 32.2. The predicted molar refractivity (Wildman–Crippen MR) is 133 cm³/mol. The van der Waals surface area contributed by atoms with Crippen LogP contribution in [0.2, 0.25) is 0 Å². The van der Waals surface area contributed by atoms with Crippen LogP contribution >= 0.6 is 0 Å². The number of hydrogen-bond acceptors (Lipinski definition) is 8. The van der Waals surface area contributed by atoms with Gasteiger partial charge in [-0.1, -0.05) is 30.3 Å². The van der Waals surface area contributed by atoms with Crippen molar-refractivity contribution in [2.75, 3.05) is 19.8 Å². The molecule has 0 fully saturated rings. The summed E-state index contributed by atoms with van der Waals surface area (Å²) in [6.07, 6.45) is 0.136. The van der Waals surface area contributed by atoms with Crippen molar-refractivity contribution in [3.05, 3.63) is 77.4 Å². The molecule has 0 saturated carbocycles. The number of hydrogen-bond donors (Lipinski definition) is 3. The van der Waals surface area contributed by atoms with E-state index in [0.717, 1.165) is 12.1 Å². The zero-order valence-electron chi connectivity index (χ0n) is 19.8. The zero-order valence-corrected chi connectivity index (χ0v) is 20.6. The first-order chi connectivity index (χ1) is 17.7. The molecule has 3 aromatic carbocycles. The largest absolute Gasteiger partial charge is 0.507 e. The van der Waals surface area contributed by atoms with Crippen molar-refractivity contribution >= 4 is 22.0 Å². The standard InChI is InChI=1S/C26H24N2O8S/c1-2-35-25(30)16-36-23-14-19(20-5-3-4-6-21(20)26(31)32)9-8-18(23)11-12-28-37(33,34)24-13-17(15-27)7-10-22(24)29/h3-10,13-14,28-29H,2,11-12,16H2,1H3,(H,31,32). The molecule has 0 saturated heterocycles. The maximum atomic E-state index is 12.7. The Hall–Kier alpha value is -4.40. The molecule has 0 atom stereocenters. The molecule has 0 radical (unpaired) electrons. The van der Waals surface area contributed by atoms with E-state index in [1.54, 1.807) is 43.3 Å². The SMILES string of the molecule is CCOC(=O)COc1cc(-c2ccccc2C(=O)O)ccc1CCNS(=O)(=O)c1cc(C#N)ccc1O. The quantitative estimate of drug-likeness (QED) is 0.320. The molecule has 0 aliphatic rings. The molecule has 3 aromatic rings. The van der Waals surface area contributed by atoms with E-state index < -0.39 is 39.2 Å². The fourth-order valence-corrected chi connectivity index (χ4v) is 4.67. The molecule has 3 N–H and O–H groups in total. The third kappa shape index (κ3) is 6.84. The first kappa shape index (κ1) is 27.2. The van der Waals surface area contributed by atoms with Crippen molar-refractivity contribution in [1.82, 2.24) is 4.72 Å². The third-order valence-corrected chi connectivity index (χ3v) is 6.74. The molecule has 0 aliphatic heterocycles. The van der Waals surface area contributed by atoms with E-state index in [1.807, 2.05) is 6.07 Å². The predicted octanol–water partition coefficient (Wildman–Crippen LogP) is 3.09. The van der Waals surface area contributed by atoms with Crippen molar-refractivity contribution in [1.29, 1.82) is 5.26 Å². The van der Waals surface area contributed by atoms with Gasteiger partial charge in [0.05, 0.1) is 23.8 Å². The van der Waals surface area contributed by atoms with Crippen molar-refractivity contribution in [3.8, 4) is 28.7 Å². The lowest BCUT2D eigenvalue weighted by Crippen LogP contribution is -2.26. The smallest absolute Gasteiger partial charge is 0.344 e. The monoisotopic (exact) mass is 524 g/mol. The Morgan fingerprint density at radius 2 is 1.84 bits per heavy atom. The molecule has 10 nitrogen and oxygen atoms in total. The van der Waals surface area contributed by atoms with Crippen LogP contribution in [0.1, 0.15) is 28.4 Å². The van der Waals surface area contributed by atoms with Gasteiger partial charge in [0.15, 0.2) is 6.61 Å². The van der Waals surface area contributed by atoms with Crippen LogP contribution in [-0.2, 0) is 26.0 Å². The number of nitrogens with zero attached hydrogens (tertiary/aromatic N) is 1. The van der Waals surface area contributed by atoms with Gasteiger partial charge in [-0.15, -0.1) is 0 Å². The molecule has 3 rings (SSSR count). The molecule has 0 bridgehead atoms. The first-order valence-corrected chi connectivity index (χ1v) is 12.6. The van der Waals surface area contributed by atoms with Crippen LogP contribution in [-0.4, -0.2) is 50.3 Å². The second-order valence-electron chi connectivity index (χ2n) is 7.71. The van der Waals surface area contributed by atoms with Gasteiger partial charge >= 0.3 is 11.9 Å². The normalized spacial score (nSPS) is 10.9. The van der Waals surface area contributed by atoms with Gasteiger partial charge in [0, 0.05) is 6.54 Å². The van der Waals surface area contributed by atoms with Crippen molar-refractivity contribution in [2.45, 2.75) is 18.2 Å². The van der Waals surface area contributed by atoms with Gasteiger partial charge in [0.2, 0.25) is 10.0 Å². The first-order valence-electron chi connectivity index (χ1n) is 11.1. The highest BCUT2D eigenvalue weighted by molar-refractivity contribution is 7.89. The molecule has 0 amide bonds. The second-order valence-corrected chi connectivity index (χ2v) is 9.44. The summed E-state index contributed by atoms with van der Waals surface area (Å²) in [6, 6.07) is 16.6. The molecule has 0 spiro atoms. The lowest BCUT2D eigenvalue weighted by atomic mass is 9.97. The van der Waals surface area contributed by atoms with Crippen LogP contribution in [0.5, 0.6) is 11.5 Å². The Labute approximate surface area is 213 Å². The van der Waals surface area contributed by atoms with E-state index in [9.17, 15) is 28.2 Å². The van der Waals surface area contributed by atoms with Crippen molar-refractivity contribution < 1.29 is 37.7 Å². The summed E-state index contributed by atoms with van der Waals surface area (Å²) in [6.45, 7) is 1.33. The van der Waals surface area contributed by atoms with Gasteiger partial charge in [-0.05, 0) is 60.4 Å². The van der Waals surface area contributed by atoms with Gasteiger partial charge in [0.1, 0.15) is 16.4 Å². The van der Waals surface area contributed by atoms with E-state index in [4.69, 9.17) is 14.7 Å². The Bertz CT molecular complexity index is 1460. The minimum atomic E-state index is -4.14. The van der Waals surface area contributed by atoms with Gasteiger partial charge in [-0.25, -0.2) is 22.7 Å². The third-order valence-electron chi connectivity index (χ3n) is 5.25. The number of carbonyl (C=O) groups excluding carboxylic acids is 1. The van der Waals surface area contributed by atoms with Gasteiger partial charge in [-0.3, -0.25) is 0 Å². The van der Waals surface area contributed by atoms with Crippen LogP contribution in [0.15, 0.2) is 65.6 Å². The Balaban J connectivity index is 1.86. The van der Waals surface area contributed by atoms with E-state index in [2.05, 4.69) is 4.72 Å². The lowest BCUT2D eigenvalue weighted by molar-refractivity contribution is -0.145. The van der Waals surface area contributed by atoms with Gasteiger partial charge < -0.3 is 19.7 Å². The van der Waals surface area contributed by atoms with E-state index in [-0.39, 0.29) is 36.4 Å². The van der Waals surface area contributed by atoms with E-state index in [1.165, 1.54) is 12.1 Å². The van der Waals surface area contributed by atoms with Crippen LogP contribution in [0, 0.1) is 11.3 Å². The number of rotatable bonds is 11. The number of esters is 1. The number of benzene rings is 3. The number of phenolic OH excluding ortho intramolecular Hbond substituents is 1. The number of carbonyl (C=O) groups is 2. The number of aromatic carboxylic acids is 1. The van der Waals surface area contributed by atoms with Crippen molar-refractivity contribution in [3.63, 3.8) is 0 Å². The average molecular weight is 525 g/mol. The highest BCUT2D eigenvalue weighted by Gasteiger charge is 2.20. The highest BCUT2D eigenvalue weighted by Crippen LogP contribution is 2.30. The summed E-state index contributed by atoms with van der Waals surface area (Å²) in [5.74, 6) is -1.95. The van der Waals surface area contributed by atoms with Crippen LogP contribution in [0.25, 0.3) is 11.1 Å². The number of carboxylic acid groups (broad SMARTS) is 1. The Kier molecular flexibility index (Phi) is 8.84. The summed E-state index contributed by atoms with van der Waals surface area (Å²) in [5.41, 5.74) is 1.66. The number of nitrogens with one attached hydrogen (secondary N) is 1. The molecule has 0 heterocycles.